The van der Waals surface area contributed by atoms with E-state index >= 15 is 0 Å². The van der Waals surface area contributed by atoms with Crippen LogP contribution < -0.4 is 14.8 Å². The number of halogens is 1. The smallest absolute Gasteiger partial charge is 0.274 e. The van der Waals surface area contributed by atoms with Gasteiger partial charge in [-0.1, -0.05) is 43.4 Å². The van der Waals surface area contributed by atoms with Crippen LogP contribution in [0.1, 0.15) is 10.5 Å². The van der Waals surface area contributed by atoms with Crippen LogP contribution in [-0.4, -0.2) is 64.5 Å². The molecule has 1 aromatic heterocycles. The van der Waals surface area contributed by atoms with Gasteiger partial charge in [-0.25, -0.2) is 4.68 Å². The van der Waals surface area contributed by atoms with E-state index in [1.165, 1.54) is 0 Å². The molecular weight excluding hydrogens is 508 g/mol. The predicted octanol–water partition coefficient (Wildman–Crippen LogP) is 6.11. The second kappa shape index (κ2) is 12.8. The van der Waals surface area contributed by atoms with E-state index in [2.05, 4.69) is 30.1 Å². The molecule has 1 heterocycles. The molecule has 1 amide bonds. The van der Waals surface area contributed by atoms with Crippen LogP contribution in [0.4, 0.5) is 5.69 Å². The molecule has 0 fully saturated rings. The van der Waals surface area contributed by atoms with E-state index in [0.29, 0.717) is 34.5 Å². The molecule has 0 saturated heterocycles. The van der Waals surface area contributed by atoms with Gasteiger partial charge in [-0.05, 0) is 41.9 Å². The second-order valence-corrected chi connectivity index (χ2v) is 16.0. The minimum absolute atomic E-state index is 0.136. The summed E-state index contributed by atoms with van der Waals surface area (Å²) in [6.45, 7) is 7.71. The van der Waals surface area contributed by atoms with Crippen molar-refractivity contribution in [2.45, 2.75) is 25.7 Å². The monoisotopic (exact) mass is 542 g/mol. The SMILES string of the molecule is COc1cc(NC(=O)c2cc(-c3ccc(Cl)cc3)cn2N=CN(C)C)ccc1OCOCC[Si](C)(C)C. The van der Waals surface area contributed by atoms with E-state index in [-0.39, 0.29) is 12.7 Å². The Morgan fingerprint density at radius 2 is 1.81 bits per heavy atom. The Balaban J connectivity index is 1.74. The average molecular weight is 543 g/mol. The molecule has 0 saturated carbocycles. The van der Waals surface area contributed by atoms with Gasteiger partial charge in [0.2, 0.25) is 0 Å². The summed E-state index contributed by atoms with van der Waals surface area (Å²) in [7, 11) is 4.12. The van der Waals surface area contributed by atoms with E-state index in [0.717, 1.165) is 17.2 Å². The van der Waals surface area contributed by atoms with Gasteiger partial charge >= 0.3 is 0 Å². The molecule has 1 N–H and O–H groups in total. The van der Waals surface area contributed by atoms with Crippen molar-refractivity contribution in [1.82, 2.24) is 9.58 Å². The number of aromatic nitrogens is 1. The van der Waals surface area contributed by atoms with Crippen molar-refractivity contribution in [1.29, 1.82) is 0 Å². The minimum Gasteiger partial charge on any atom is -0.493 e. The summed E-state index contributed by atoms with van der Waals surface area (Å²) in [5.74, 6) is 0.716. The number of amides is 1. The number of carbonyl (C=O) groups excluding carboxylic acids is 1. The number of methoxy groups -OCH3 is 1. The molecule has 0 radical (unpaired) electrons. The molecule has 0 bridgehead atoms. The van der Waals surface area contributed by atoms with Gasteiger partial charge in [-0.3, -0.25) is 4.79 Å². The summed E-state index contributed by atoms with van der Waals surface area (Å²) in [5, 5.41) is 7.99. The van der Waals surface area contributed by atoms with E-state index in [4.69, 9.17) is 25.8 Å². The number of nitrogens with one attached hydrogen (secondary N) is 1. The first-order valence-electron chi connectivity index (χ1n) is 11.9. The van der Waals surface area contributed by atoms with Crippen molar-refractivity contribution < 1.29 is 19.0 Å². The number of hydrogen-bond acceptors (Lipinski definition) is 5. The van der Waals surface area contributed by atoms with Gasteiger partial charge in [0.05, 0.1) is 7.11 Å². The molecule has 3 aromatic rings. The molecule has 3 rings (SSSR count). The molecule has 0 aliphatic carbocycles. The van der Waals surface area contributed by atoms with Gasteiger partial charge in [0.15, 0.2) is 18.3 Å². The van der Waals surface area contributed by atoms with Gasteiger partial charge < -0.3 is 24.4 Å². The Labute approximate surface area is 224 Å². The molecule has 0 aliphatic rings. The van der Waals surface area contributed by atoms with E-state index in [1.807, 2.05) is 38.4 Å². The lowest BCUT2D eigenvalue weighted by molar-refractivity contribution is 0.0205. The summed E-state index contributed by atoms with van der Waals surface area (Å²) in [4.78, 5) is 15.1. The lowest BCUT2D eigenvalue weighted by Crippen LogP contribution is -2.22. The third-order valence-corrected chi connectivity index (χ3v) is 7.29. The first-order valence-corrected chi connectivity index (χ1v) is 16.0. The number of hydrogen-bond donors (Lipinski definition) is 1. The van der Waals surface area contributed by atoms with Crippen LogP contribution in [0.15, 0.2) is 59.8 Å². The van der Waals surface area contributed by atoms with Gasteiger partial charge in [-0.15, -0.1) is 0 Å². The van der Waals surface area contributed by atoms with Crippen LogP contribution in [0.25, 0.3) is 11.1 Å². The molecule has 8 nitrogen and oxygen atoms in total. The first-order chi connectivity index (χ1) is 17.6. The minimum atomic E-state index is -1.15. The molecule has 10 heteroatoms. The maximum absolute atomic E-state index is 13.3. The Morgan fingerprint density at radius 1 is 1.08 bits per heavy atom. The summed E-state index contributed by atoms with van der Waals surface area (Å²) >= 11 is 6.03. The fourth-order valence-corrected chi connectivity index (χ4v) is 4.16. The van der Waals surface area contributed by atoms with Crippen molar-refractivity contribution in [2.24, 2.45) is 5.10 Å². The highest BCUT2D eigenvalue weighted by atomic mass is 35.5. The van der Waals surface area contributed by atoms with Crippen molar-refractivity contribution in [3.63, 3.8) is 0 Å². The zero-order valence-electron chi connectivity index (χ0n) is 22.2. The molecular formula is C27H35ClN4O4Si. The zero-order chi connectivity index (χ0) is 27.0. The van der Waals surface area contributed by atoms with Crippen LogP contribution in [-0.2, 0) is 4.74 Å². The van der Waals surface area contributed by atoms with Gasteiger partial charge in [0.1, 0.15) is 12.0 Å². The number of benzene rings is 2. The van der Waals surface area contributed by atoms with Crippen molar-refractivity contribution in [3.05, 3.63) is 65.4 Å². The zero-order valence-corrected chi connectivity index (χ0v) is 24.0. The summed E-state index contributed by atoms with van der Waals surface area (Å²) < 4.78 is 18.4. The maximum Gasteiger partial charge on any atom is 0.274 e. The van der Waals surface area contributed by atoms with Crippen LogP contribution in [0.3, 0.4) is 0 Å². The standard InChI is InChI=1S/C27H35ClN4O4Si/c1-31(2)18-29-32-17-21(20-7-9-22(28)10-8-20)15-24(32)27(33)30-23-11-12-25(26(16-23)34-3)36-19-35-13-14-37(4,5)6/h7-12,15-18H,13-14,19H2,1-6H3,(H,30,33). The van der Waals surface area contributed by atoms with Crippen molar-refractivity contribution in [2.75, 3.05) is 39.9 Å². The van der Waals surface area contributed by atoms with Crippen molar-refractivity contribution in [3.8, 4) is 22.6 Å². The fraction of sp³-hybridized carbons (Fsp3) is 0.333. The topological polar surface area (TPSA) is 77.3 Å². The number of anilines is 1. The van der Waals surface area contributed by atoms with E-state index in [1.54, 1.807) is 53.5 Å². The van der Waals surface area contributed by atoms with Crippen LogP contribution in [0, 0.1) is 0 Å². The predicted molar refractivity (Wildman–Crippen MR) is 153 cm³/mol. The highest BCUT2D eigenvalue weighted by Crippen LogP contribution is 2.31. The fourth-order valence-electron chi connectivity index (χ4n) is 3.28. The second-order valence-electron chi connectivity index (χ2n) is 9.96. The normalized spacial score (nSPS) is 11.5. The Kier molecular flexibility index (Phi) is 9.79. The van der Waals surface area contributed by atoms with Crippen LogP contribution >= 0.6 is 11.6 Å². The third-order valence-electron chi connectivity index (χ3n) is 5.33. The number of carbonyl (C=O) groups is 1. The first kappa shape index (κ1) is 28.3. The van der Waals surface area contributed by atoms with E-state index < -0.39 is 8.07 Å². The Hall–Kier alpha value is -3.27. The van der Waals surface area contributed by atoms with Crippen molar-refractivity contribution >= 4 is 37.6 Å². The molecule has 0 unspecified atom stereocenters. The molecule has 198 valence electrons. The highest BCUT2D eigenvalue weighted by Gasteiger charge is 2.17. The lowest BCUT2D eigenvalue weighted by Gasteiger charge is -2.16. The largest absolute Gasteiger partial charge is 0.493 e. The molecule has 0 atom stereocenters. The summed E-state index contributed by atoms with van der Waals surface area (Å²) in [6, 6.07) is 15.5. The number of rotatable bonds is 12. The average Bonchev–Trinajstić information content (AvgIpc) is 3.27. The van der Waals surface area contributed by atoms with Gasteiger partial charge in [-0.2, -0.15) is 5.10 Å². The van der Waals surface area contributed by atoms with Gasteiger partial charge in [0.25, 0.3) is 5.91 Å². The molecule has 37 heavy (non-hydrogen) atoms. The Morgan fingerprint density at radius 3 is 2.46 bits per heavy atom. The van der Waals surface area contributed by atoms with Gasteiger partial charge in [0, 0.05) is 57.3 Å². The quantitative estimate of drug-likeness (QED) is 0.0981. The maximum atomic E-state index is 13.3. The van der Waals surface area contributed by atoms with Crippen LogP contribution in [0.5, 0.6) is 11.5 Å². The molecule has 2 aromatic carbocycles. The number of ether oxygens (including phenoxy) is 3. The highest BCUT2D eigenvalue weighted by molar-refractivity contribution is 6.76. The van der Waals surface area contributed by atoms with E-state index in [9.17, 15) is 4.79 Å². The Bertz CT molecular complexity index is 1220. The third kappa shape index (κ3) is 8.66. The molecule has 0 aliphatic heterocycles. The molecule has 0 spiro atoms. The lowest BCUT2D eigenvalue weighted by atomic mass is 10.1. The number of nitrogens with zero attached hydrogens (tertiary/aromatic N) is 3. The van der Waals surface area contributed by atoms with Crippen LogP contribution in [0.2, 0.25) is 30.7 Å². The summed E-state index contributed by atoms with van der Waals surface area (Å²) in [6.07, 6.45) is 3.43. The summed E-state index contributed by atoms with van der Waals surface area (Å²) in [5.41, 5.74) is 2.70.